The van der Waals surface area contributed by atoms with Crippen LogP contribution in [0.1, 0.15) is 36.4 Å². The molecule has 0 saturated carbocycles. The van der Waals surface area contributed by atoms with E-state index in [0.29, 0.717) is 5.92 Å². The van der Waals surface area contributed by atoms with Gasteiger partial charge in [0.1, 0.15) is 0 Å². The fourth-order valence-corrected chi connectivity index (χ4v) is 1.93. The first-order valence-corrected chi connectivity index (χ1v) is 4.96. The van der Waals surface area contributed by atoms with Crippen molar-refractivity contribution < 1.29 is 0 Å². The van der Waals surface area contributed by atoms with Crippen LogP contribution in [0, 0.1) is 6.92 Å². The van der Waals surface area contributed by atoms with Gasteiger partial charge in [-0.25, -0.2) is 0 Å². The van der Waals surface area contributed by atoms with Gasteiger partial charge in [-0.3, -0.25) is 4.98 Å². The van der Waals surface area contributed by atoms with E-state index in [1.54, 1.807) is 0 Å². The minimum absolute atomic E-state index is 0.565. The van der Waals surface area contributed by atoms with Gasteiger partial charge in [-0.05, 0) is 37.8 Å². The smallest absolute Gasteiger partial charge is 0.0501 e. The second-order valence-electron chi connectivity index (χ2n) is 3.67. The highest BCUT2D eigenvalue weighted by atomic mass is 14.7. The maximum absolute atomic E-state index is 4.45. The zero-order chi connectivity index (χ0) is 9.10. The third-order valence-electron chi connectivity index (χ3n) is 2.66. The molecule has 0 aromatic carbocycles. The van der Waals surface area contributed by atoms with E-state index in [9.17, 15) is 0 Å². The summed E-state index contributed by atoms with van der Waals surface area (Å²) in [6, 6.07) is 4.15. The van der Waals surface area contributed by atoms with Crippen LogP contribution in [0.25, 0.3) is 0 Å². The molecule has 1 aliphatic rings. The molecular formula is C12H15N. The van der Waals surface area contributed by atoms with Crippen molar-refractivity contribution >= 4 is 0 Å². The summed E-state index contributed by atoms with van der Waals surface area (Å²) in [6.45, 7) is 2.14. The molecule has 0 saturated heterocycles. The van der Waals surface area contributed by atoms with Gasteiger partial charge in [-0.1, -0.05) is 18.2 Å². The van der Waals surface area contributed by atoms with Crippen molar-refractivity contribution in [2.75, 3.05) is 0 Å². The highest BCUT2D eigenvalue weighted by Gasteiger charge is 2.13. The van der Waals surface area contributed by atoms with E-state index in [0.717, 1.165) is 0 Å². The molecule has 0 amide bonds. The summed E-state index contributed by atoms with van der Waals surface area (Å²) in [5.74, 6) is 0.565. The molecule has 1 atom stereocenters. The average molecular weight is 173 g/mol. The Morgan fingerprint density at radius 3 is 3.08 bits per heavy atom. The minimum Gasteiger partial charge on any atom is -0.260 e. The van der Waals surface area contributed by atoms with Gasteiger partial charge < -0.3 is 0 Å². The van der Waals surface area contributed by atoms with Crippen molar-refractivity contribution in [2.24, 2.45) is 0 Å². The van der Waals surface area contributed by atoms with E-state index in [1.165, 1.54) is 30.5 Å². The fraction of sp³-hybridized carbons (Fsp3) is 0.417. The lowest BCUT2D eigenvalue weighted by atomic mass is 9.91. The maximum atomic E-state index is 4.45. The van der Waals surface area contributed by atoms with Gasteiger partial charge in [0.15, 0.2) is 0 Å². The molecule has 0 fully saturated rings. The molecule has 0 spiro atoms. The largest absolute Gasteiger partial charge is 0.260 e. The molecule has 1 aromatic rings. The predicted molar refractivity (Wildman–Crippen MR) is 54.7 cm³/mol. The molecule has 1 aliphatic carbocycles. The number of hydrogen-bond acceptors (Lipinski definition) is 1. The van der Waals surface area contributed by atoms with Crippen LogP contribution in [0.2, 0.25) is 0 Å². The molecular weight excluding hydrogens is 158 g/mol. The van der Waals surface area contributed by atoms with Gasteiger partial charge in [0.05, 0.1) is 5.69 Å². The van der Waals surface area contributed by atoms with Gasteiger partial charge in [0.25, 0.3) is 0 Å². The van der Waals surface area contributed by atoms with E-state index < -0.39 is 0 Å². The van der Waals surface area contributed by atoms with Gasteiger partial charge >= 0.3 is 0 Å². The molecule has 1 aromatic heterocycles. The van der Waals surface area contributed by atoms with Crippen LogP contribution in [0.5, 0.6) is 0 Å². The molecule has 1 nitrogen and oxygen atoms in total. The van der Waals surface area contributed by atoms with Gasteiger partial charge in [-0.15, -0.1) is 0 Å². The maximum Gasteiger partial charge on any atom is 0.0501 e. The Morgan fingerprint density at radius 2 is 2.38 bits per heavy atom. The van der Waals surface area contributed by atoms with Gasteiger partial charge in [0.2, 0.25) is 0 Å². The SMILES string of the molecule is Cc1cccnc1[C@@H]1C=CCCC1. The van der Waals surface area contributed by atoms with Crippen LogP contribution in [-0.2, 0) is 0 Å². The highest BCUT2D eigenvalue weighted by Crippen LogP contribution is 2.27. The Labute approximate surface area is 79.5 Å². The number of aryl methyl sites for hydroxylation is 1. The number of allylic oxidation sites excluding steroid dienone is 2. The number of hydrogen-bond donors (Lipinski definition) is 0. The Kier molecular flexibility index (Phi) is 2.44. The van der Waals surface area contributed by atoms with E-state index in [2.05, 4.69) is 30.1 Å². The van der Waals surface area contributed by atoms with E-state index in [4.69, 9.17) is 0 Å². The minimum atomic E-state index is 0.565. The lowest BCUT2D eigenvalue weighted by Gasteiger charge is -2.17. The summed E-state index contributed by atoms with van der Waals surface area (Å²) in [4.78, 5) is 4.45. The quantitative estimate of drug-likeness (QED) is 0.594. The van der Waals surface area contributed by atoms with E-state index >= 15 is 0 Å². The third kappa shape index (κ3) is 1.80. The third-order valence-corrected chi connectivity index (χ3v) is 2.66. The average Bonchev–Trinajstić information content (AvgIpc) is 2.20. The van der Waals surface area contributed by atoms with E-state index in [1.807, 2.05) is 12.3 Å². The number of nitrogens with zero attached hydrogens (tertiary/aromatic N) is 1. The zero-order valence-electron chi connectivity index (χ0n) is 8.03. The summed E-state index contributed by atoms with van der Waals surface area (Å²) in [5.41, 5.74) is 2.58. The zero-order valence-corrected chi connectivity index (χ0v) is 8.03. The van der Waals surface area contributed by atoms with Gasteiger partial charge in [-0.2, -0.15) is 0 Å². The van der Waals surface area contributed by atoms with Crippen molar-refractivity contribution in [3.8, 4) is 0 Å². The Bertz CT molecular complexity index is 315. The standard InChI is InChI=1S/C12H15N/c1-10-6-5-9-13-12(10)11-7-3-2-4-8-11/h3,5-7,9,11H,2,4,8H2,1H3/t11-/m1/s1. The molecule has 2 rings (SSSR count). The lowest BCUT2D eigenvalue weighted by molar-refractivity contribution is 0.638. The first kappa shape index (κ1) is 8.49. The predicted octanol–water partition coefficient (Wildman–Crippen LogP) is 3.21. The summed E-state index contributed by atoms with van der Waals surface area (Å²) in [7, 11) is 0. The van der Waals surface area contributed by atoms with Crippen molar-refractivity contribution in [1.29, 1.82) is 0 Å². The summed E-state index contributed by atoms with van der Waals surface area (Å²) in [5, 5.41) is 0. The molecule has 0 aliphatic heterocycles. The second kappa shape index (κ2) is 3.73. The molecule has 0 N–H and O–H groups in total. The first-order valence-electron chi connectivity index (χ1n) is 4.96. The lowest BCUT2D eigenvalue weighted by Crippen LogP contribution is -2.03. The fourth-order valence-electron chi connectivity index (χ4n) is 1.93. The normalized spacial score (nSPS) is 21.8. The molecule has 0 unspecified atom stereocenters. The number of pyridine rings is 1. The Balaban J connectivity index is 2.29. The molecule has 68 valence electrons. The Hall–Kier alpha value is -1.11. The van der Waals surface area contributed by atoms with Crippen molar-refractivity contribution in [3.63, 3.8) is 0 Å². The highest BCUT2D eigenvalue weighted by molar-refractivity contribution is 5.25. The second-order valence-corrected chi connectivity index (χ2v) is 3.67. The Morgan fingerprint density at radius 1 is 1.46 bits per heavy atom. The van der Waals surface area contributed by atoms with Crippen LogP contribution >= 0.6 is 0 Å². The van der Waals surface area contributed by atoms with Crippen LogP contribution < -0.4 is 0 Å². The van der Waals surface area contributed by atoms with Crippen LogP contribution in [0.4, 0.5) is 0 Å². The van der Waals surface area contributed by atoms with Crippen LogP contribution in [0.3, 0.4) is 0 Å². The summed E-state index contributed by atoms with van der Waals surface area (Å²) in [6.07, 6.45) is 10.3. The summed E-state index contributed by atoms with van der Waals surface area (Å²) < 4.78 is 0. The van der Waals surface area contributed by atoms with E-state index in [-0.39, 0.29) is 0 Å². The molecule has 1 heteroatoms. The number of rotatable bonds is 1. The monoisotopic (exact) mass is 173 g/mol. The first-order chi connectivity index (χ1) is 6.38. The van der Waals surface area contributed by atoms with Crippen molar-refractivity contribution in [3.05, 3.63) is 41.7 Å². The van der Waals surface area contributed by atoms with Crippen LogP contribution in [-0.4, -0.2) is 4.98 Å². The molecule has 0 bridgehead atoms. The molecule has 13 heavy (non-hydrogen) atoms. The number of aromatic nitrogens is 1. The van der Waals surface area contributed by atoms with Crippen molar-refractivity contribution in [2.45, 2.75) is 32.1 Å². The summed E-state index contributed by atoms with van der Waals surface area (Å²) >= 11 is 0. The van der Waals surface area contributed by atoms with Crippen LogP contribution in [0.15, 0.2) is 30.5 Å². The molecule has 0 radical (unpaired) electrons. The van der Waals surface area contributed by atoms with Crippen molar-refractivity contribution in [1.82, 2.24) is 4.98 Å². The van der Waals surface area contributed by atoms with Gasteiger partial charge in [0, 0.05) is 12.1 Å². The topological polar surface area (TPSA) is 12.9 Å². The molecule has 1 heterocycles.